The van der Waals surface area contributed by atoms with Crippen LogP contribution < -0.4 is 4.74 Å². The third-order valence-electron chi connectivity index (χ3n) is 2.62. The molecule has 94 valence electrons. The Balaban J connectivity index is 2.51. The third kappa shape index (κ3) is 2.09. The van der Waals surface area contributed by atoms with Gasteiger partial charge in [0, 0.05) is 0 Å². The van der Waals surface area contributed by atoms with E-state index >= 15 is 0 Å². The number of aromatic nitrogens is 3. The molecule has 0 atom stereocenters. The Kier molecular flexibility index (Phi) is 3.62. The van der Waals surface area contributed by atoms with Gasteiger partial charge < -0.3 is 4.74 Å². The molecule has 0 spiro atoms. The minimum absolute atomic E-state index is 0.351. The van der Waals surface area contributed by atoms with Crippen LogP contribution in [0.4, 0.5) is 0 Å². The van der Waals surface area contributed by atoms with E-state index in [1.807, 2.05) is 13.0 Å². The Morgan fingerprint density at radius 1 is 1.50 bits per heavy atom. The van der Waals surface area contributed by atoms with Gasteiger partial charge in [-0.2, -0.15) is 0 Å². The zero-order chi connectivity index (χ0) is 13.1. The van der Waals surface area contributed by atoms with Gasteiger partial charge in [0.15, 0.2) is 6.29 Å². The molecule has 0 bridgehead atoms. The van der Waals surface area contributed by atoms with Crippen molar-refractivity contribution in [3.05, 3.63) is 34.6 Å². The van der Waals surface area contributed by atoms with Crippen LogP contribution >= 0.6 is 11.6 Å². The van der Waals surface area contributed by atoms with E-state index in [1.54, 1.807) is 23.9 Å². The van der Waals surface area contributed by atoms with Gasteiger partial charge in [-0.05, 0) is 24.6 Å². The molecule has 1 aromatic heterocycles. The highest BCUT2D eigenvalue weighted by atomic mass is 35.5. The predicted molar refractivity (Wildman–Crippen MR) is 67.7 cm³/mol. The lowest BCUT2D eigenvalue weighted by Crippen LogP contribution is -2.02. The van der Waals surface area contributed by atoms with E-state index < -0.39 is 0 Å². The fourth-order valence-corrected chi connectivity index (χ4v) is 1.98. The smallest absolute Gasteiger partial charge is 0.172 e. The van der Waals surface area contributed by atoms with Gasteiger partial charge in [-0.1, -0.05) is 23.7 Å². The zero-order valence-electron chi connectivity index (χ0n) is 10.1. The second kappa shape index (κ2) is 5.18. The SMILES string of the molecule is CCc1c(C=O)nnn1-c1ccc(OC)c(Cl)c1. The first-order chi connectivity index (χ1) is 8.71. The summed E-state index contributed by atoms with van der Waals surface area (Å²) in [4.78, 5) is 10.8. The third-order valence-corrected chi connectivity index (χ3v) is 2.92. The summed E-state index contributed by atoms with van der Waals surface area (Å²) < 4.78 is 6.69. The minimum atomic E-state index is 0.351. The molecule has 0 N–H and O–H groups in total. The van der Waals surface area contributed by atoms with Crippen molar-refractivity contribution in [2.24, 2.45) is 0 Å². The van der Waals surface area contributed by atoms with Crippen LogP contribution in [0, 0.1) is 0 Å². The van der Waals surface area contributed by atoms with Crippen molar-refractivity contribution in [2.45, 2.75) is 13.3 Å². The molecule has 6 heteroatoms. The summed E-state index contributed by atoms with van der Waals surface area (Å²) in [6, 6.07) is 5.29. The molecule has 0 saturated carbocycles. The molecule has 0 fully saturated rings. The molecule has 0 aliphatic rings. The van der Waals surface area contributed by atoms with Gasteiger partial charge in [0.25, 0.3) is 0 Å². The first-order valence-corrected chi connectivity index (χ1v) is 5.82. The molecule has 0 radical (unpaired) electrons. The maximum atomic E-state index is 10.8. The molecule has 5 nitrogen and oxygen atoms in total. The number of ether oxygens (including phenoxy) is 1. The lowest BCUT2D eigenvalue weighted by Gasteiger charge is -2.07. The Hall–Kier alpha value is -1.88. The van der Waals surface area contributed by atoms with E-state index in [4.69, 9.17) is 16.3 Å². The summed E-state index contributed by atoms with van der Waals surface area (Å²) in [5, 5.41) is 8.27. The largest absolute Gasteiger partial charge is 0.495 e. The van der Waals surface area contributed by atoms with Crippen LogP contribution in [0.1, 0.15) is 23.1 Å². The number of halogens is 1. The molecular weight excluding hydrogens is 254 g/mol. The Morgan fingerprint density at radius 2 is 2.28 bits per heavy atom. The van der Waals surface area contributed by atoms with E-state index in [2.05, 4.69) is 10.3 Å². The molecule has 2 aromatic rings. The molecule has 0 saturated heterocycles. The van der Waals surface area contributed by atoms with Gasteiger partial charge in [0.2, 0.25) is 0 Å². The molecule has 1 aromatic carbocycles. The van der Waals surface area contributed by atoms with Crippen LogP contribution in [0.15, 0.2) is 18.2 Å². The number of carbonyl (C=O) groups is 1. The van der Waals surface area contributed by atoms with Gasteiger partial charge >= 0.3 is 0 Å². The summed E-state index contributed by atoms with van der Waals surface area (Å²) in [6.45, 7) is 1.94. The fourth-order valence-electron chi connectivity index (χ4n) is 1.73. The van der Waals surface area contributed by atoms with Crippen molar-refractivity contribution >= 4 is 17.9 Å². The Morgan fingerprint density at radius 3 is 2.83 bits per heavy atom. The zero-order valence-corrected chi connectivity index (χ0v) is 10.8. The van der Waals surface area contributed by atoms with E-state index in [-0.39, 0.29) is 0 Å². The lowest BCUT2D eigenvalue weighted by atomic mass is 10.2. The van der Waals surface area contributed by atoms with Crippen LogP contribution in [-0.2, 0) is 6.42 Å². The van der Waals surface area contributed by atoms with Gasteiger partial charge in [-0.15, -0.1) is 5.10 Å². The average Bonchev–Trinajstić information content (AvgIpc) is 2.81. The van der Waals surface area contributed by atoms with E-state index in [9.17, 15) is 4.79 Å². The summed E-state index contributed by atoms with van der Waals surface area (Å²) in [5.74, 6) is 0.592. The second-order valence-electron chi connectivity index (χ2n) is 3.62. The summed E-state index contributed by atoms with van der Waals surface area (Å²) in [6.07, 6.45) is 1.36. The Bertz CT molecular complexity index is 581. The average molecular weight is 266 g/mol. The van der Waals surface area contributed by atoms with Gasteiger partial charge in [0.05, 0.1) is 23.5 Å². The molecule has 0 unspecified atom stereocenters. The normalized spacial score (nSPS) is 10.4. The topological polar surface area (TPSA) is 57.0 Å². The molecule has 0 amide bonds. The standard InChI is InChI=1S/C12H12ClN3O2/c1-3-11-10(7-17)14-15-16(11)8-4-5-12(18-2)9(13)6-8/h4-7H,3H2,1-2H3. The van der Waals surface area contributed by atoms with Gasteiger partial charge in [-0.3, -0.25) is 4.79 Å². The number of hydrogen-bond acceptors (Lipinski definition) is 4. The Labute approximate surface area is 109 Å². The molecule has 18 heavy (non-hydrogen) atoms. The van der Waals surface area contributed by atoms with E-state index in [1.165, 1.54) is 0 Å². The number of hydrogen-bond donors (Lipinski definition) is 0. The monoisotopic (exact) mass is 265 g/mol. The quantitative estimate of drug-likeness (QED) is 0.796. The van der Waals surface area contributed by atoms with Crippen molar-refractivity contribution in [3.63, 3.8) is 0 Å². The number of benzene rings is 1. The van der Waals surface area contributed by atoms with Crippen molar-refractivity contribution in [1.82, 2.24) is 15.0 Å². The summed E-state index contributed by atoms with van der Waals surface area (Å²) in [7, 11) is 1.55. The first kappa shape index (κ1) is 12.6. The molecular formula is C12H12ClN3O2. The van der Waals surface area contributed by atoms with Crippen molar-refractivity contribution in [3.8, 4) is 11.4 Å². The molecule has 2 rings (SSSR count). The van der Waals surface area contributed by atoms with E-state index in [0.29, 0.717) is 29.2 Å². The van der Waals surface area contributed by atoms with Gasteiger partial charge in [0.1, 0.15) is 11.4 Å². The minimum Gasteiger partial charge on any atom is -0.495 e. The number of methoxy groups -OCH3 is 1. The highest BCUT2D eigenvalue weighted by molar-refractivity contribution is 6.32. The van der Waals surface area contributed by atoms with Crippen LogP contribution in [0.5, 0.6) is 5.75 Å². The van der Waals surface area contributed by atoms with Crippen LogP contribution in [-0.4, -0.2) is 28.4 Å². The highest BCUT2D eigenvalue weighted by Crippen LogP contribution is 2.27. The number of aldehydes is 1. The first-order valence-electron chi connectivity index (χ1n) is 5.45. The molecule has 0 aliphatic carbocycles. The number of rotatable bonds is 4. The maximum Gasteiger partial charge on any atom is 0.172 e. The second-order valence-corrected chi connectivity index (χ2v) is 4.03. The van der Waals surface area contributed by atoms with Crippen molar-refractivity contribution in [1.29, 1.82) is 0 Å². The summed E-state index contributed by atoms with van der Waals surface area (Å²) >= 11 is 6.06. The number of nitrogens with zero attached hydrogens (tertiary/aromatic N) is 3. The summed E-state index contributed by atoms with van der Waals surface area (Å²) in [5.41, 5.74) is 1.86. The predicted octanol–water partition coefficient (Wildman–Crippen LogP) is 2.30. The molecule has 1 heterocycles. The maximum absolute atomic E-state index is 10.8. The molecule has 0 aliphatic heterocycles. The van der Waals surface area contributed by atoms with Crippen LogP contribution in [0.2, 0.25) is 5.02 Å². The fraction of sp³-hybridized carbons (Fsp3) is 0.250. The van der Waals surface area contributed by atoms with Gasteiger partial charge in [-0.25, -0.2) is 4.68 Å². The van der Waals surface area contributed by atoms with Crippen molar-refractivity contribution in [2.75, 3.05) is 7.11 Å². The number of carbonyl (C=O) groups excluding carboxylic acids is 1. The van der Waals surface area contributed by atoms with Crippen LogP contribution in [0.25, 0.3) is 5.69 Å². The lowest BCUT2D eigenvalue weighted by molar-refractivity contribution is 0.111. The highest BCUT2D eigenvalue weighted by Gasteiger charge is 2.13. The van der Waals surface area contributed by atoms with E-state index in [0.717, 1.165) is 11.4 Å². The van der Waals surface area contributed by atoms with Crippen molar-refractivity contribution < 1.29 is 9.53 Å². The van der Waals surface area contributed by atoms with Crippen LogP contribution in [0.3, 0.4) is 0 Å².